The van der Waals surface area contributed by atoms with Crippen LogP contribution in [0.3, 0.4) is 0 Å². The number of fused-ring (bicyclic) bond motifs is 1. The lowest BCUT2D eigenvalue weighted by Gasteiger charge is -2.19. The molecule has 0 fully saturated rings. The first-order chi connectivity index (χ1) is 8.97. The van der Waals surface area contributed by atoms with Crippen LogP contribution in [0.2, 0.25) is 0 Å². The molecule has 1 aliphatic heterocycles. The van der Waals surface area contributed by atoms with Crippen molar-refractivity contribution in [2.45, 2.75) is 52.9 Å². The second-order valence-electron chi connectivity index (χ2n) is 5.93. The number of nitrogens with zero attached hydrogens (tertiary/aromatic N) is 1. The molecule has 1 aromatic carbocycles. The molecular formula is C18H26N+. The number of aryl methyl sites for hydroxylation is 2. The first kappa shape index (κ1) is 14.0. The molecule has 0 saturated heterocycles. The van der Waals surface area contributed by atoms with Crippen molar-refractivity contribution in [2.75, 3.05) is 7.05 Å². The zero-order valence-corrected chi connectivity index (χ0v) is 13.2. The molecule has 19 heavy (non-hydrogen) atoms. The van der Waals surface area contributed by atoms with E-state index in [9.17, 15) is 0 Å². The van der Waals surface area contributed by atoms with Crippen molar-refractivity contribution in [3.8, 4) is 0 Å². The average Bonchev–Trinajstić information content (AvgIpc) is 2.59. The SMILES string of the molecule is CC=CC1=[N+](C)c2cc(CC)cc(CC)c2C1(C)C. The van der Waals surface area contributed by atoms with Gasteiger partial charge in [-0.2, -0.15) is 4.58 Å². The summed E-state index contributed by atoms with van der Waals surface area (Å²) in [5.41, 5.74) is 7.37. The molecule has 0 saturated carbocycles. The molecule has 1 heterocycles. The van der Waals surface area contributed by atoms with E-state index in [1.54, 1.807) is 0 Å². The molecule has 0 unspecified atom stereocenters. The highest BCUT2D eigenvalue weighted by atomic mass is 15.0. The van der Waals surface area contributed by atoms with Crippen molar-refractivity contribution in [3.05, 3.63) is 41.0 Å². The standard InChI is InChI=1S/C18H26N/c1-7-10-16-18(4,5)17-14(9-3)11-13(8-2)12-15(17)19(16)6/h7,10-12H,8-9H2,1-6H3/q+1. The van der Waals surface area contributed by atoms with Gasteiger partial charge in [0.15, 0.2) is 5.71 Å². The van der Waals surface area contributed by atoms with Crippen LogP contribution in [0.4, 0.5) is 5.69 Å². The van der Waals surface area contributed by atoms with Crippen LogP contribution >= 0.6 is 0 Å². The fourth-order valence-corrected chi connectivity index (χ4v) is 3.37. The lowest BCUT2D eigenvalue weighted by atomic mass is 9.78. The fourth-order valence-electron chi connectivity index (χ4n) is 3.37. The van der Waals surface area contributed by atoms with Crippen LogP contribution in [0.1, 0.15) is 51.3 Å². The molecule has 0 aromatic heterocycles. The zero-order chi connectivity index (χ0) is 14.2. The quantitative estimate of drug-likeness (QED) is 0.705. The highest BCUT2D eigenvalue weighted by Crippen LogP contribution is 2.42. The molecular weight excluding hydrogens is 230 g/mol. The van der Waals surface area contributed by atoms with Crippen LogP contribution in [0.15, 0.2) is 24.3 Å². The predicted octanol–water partition coefficient (Wildman–Crippen LogP) is 4.39. The second kappa shape index (κ2) is 4.96. The van der Waals surface area contributed by atoms with Crippen molar-refractivity contribution in [2.24, 2.45) is 0 Å². The summed E-state index contributed by atoms with van der Waals surface area (Å²) in [5.74, 6) is 0. The maximum absolute atomic E-state index is 2.40. The highest BCUT2D eigenvalue weighted by molar-refractivity contribution is 6.03. The van der Waals surface area contributed by atoms with Crippen molar-refractivity contribution in [3.63, 3.8) is 0 Å². The minimum Gasteiger partial charge on any atom is -0.198 e. The van der Waals surface area contributed by atoms with Gasteiger partial charge in [0.2, 0.25) is 5.69 Å². The van der Waals surface area contributed by atoms with Crippen molar-refractivity contribution in [1.29, 1.82) is 0 Å². The molecule has 0 aliphatic carbocycles. The Kier molecular flexibility index (Phi) is 3.66. The first-order valence-corrected chi connectivity index (χ1v) is 7.37. The van der Waals surface area contributed by atoms with Crippen LogP contribution in [-0.4, -0.2) is 17.3 Å². The van der Waals surface area contributed by atoms with Gasteiger partial charge in [0.25, 0.3) is 0 Å². The van der Waals surface area contributed by atoms with Crippen LogP contribution < -0.4 is 0 Å². The molecule has 102 valence electrons. The van der Waals surface area contributed by atoms with E-state index < -0.39 is 0 Å². The topological polar surface area (TPSA) is 3.01 Å². The Morgan fingerprint density at radius 1 is 1.16 bits per heavy atom. The van der Waals surface area contributed by atoms with Crippen LogP contribution in [0.25, 0.3) is 0 Å². The van der Waals surface area contributed by atoms with Gasteiger partial charge in [-0.05, 0) is 44.7 Å². The third kappa shape index (κ3) is 2.05. The molecule has 1 nitrogen and oxygen atoms in total. The van der Waals surface area contributed by atoms with Crippen LogP contribution in [0, 0.1) is 0 Å². The van der Waals surface area contributed by atoms with Crippen LogP contribution in [-0.2, 0) is 18.3 Å². The zero-order valence-electron chi connectivity index (χ0n) is 13.2. The molecule has 0 atom stereocenters. The second-order valence-corrected chi connectivity index (χ2v) is 5.93. The third-order valence-corrected chi connectivity index (χ3v) is 4.36. The largest absolute Gasteiger partial charge is 0.210 e. The molecule has 1 aliphatic rings. The maximum atomic E-state index is 2.40. The van der Waals surface area contributed by atoms with Gasteiger partial charge in [0.1, 0.15) is 7.05 Å². The fraction of sp³-hybridized carbons (Fsp3) is 0.500. The van der Waals surface area contributed by atoms with E-state index in [4.69, 9.17) is 0 Å². The smallest absolute Gasteiger partial charge is 0.198 e. The van der Waals surface area contributed by atoms with Crippen molar-refractivity contribution in [1.82, 2.24) is 0 Å². The van der Waals surface area contributed by atoms with Gasteiger partial charge in [-0.3, -0.25) is 0 Å². The Morgan fingerprint density at radius 2 is 1.84 bits per heavy atom. The summed E-state index contributed by atoms with van der Waals surface area (Å²) in [6.45, 7) is 11.3. The summed E-state index contributed by atoms with van der Waals surface area (Å²) in [6, 6.07) is 4.76. The van der Waals surface area contributed by atoms with Gasteiger partial charge in [-0.25, -0.2) is 0 Å². The highest BCUT2D eigenvalue weighted by Gasteiger charge is 2.44. The molecule has 0 spiro atoms. The predicted molar refractivity (Wildman–Crippen MR) is 83.9 cm³/mol. The van der Waals surface area contributed by atoms with E-state index in [1.807, 2.05) is 0 Å². The lowest BCUT2D eigenvalue weighted by molar-refractivity contribution is -0.401. The first-order valence-electron chi connectivity index (χ1n) is 7.37. The Bertz CT molecular complexity index is 559. The number of benzene rings is 1. The van der Waals surface area contributed by atoms with Crippen LogP contribution in [0.5, 0.6) is 0 Å². The van der Waals surface area contributed by atoms with Gasteiger partial charge in [-0.15, -0.1) is 0 Å². The summed E-state index contributed by atoms with van der Waals surface area (Å²) in [5, 5.41) is 0. The van der Waals surface area contributed by atoms with E-state index in [0.29, 0.717) is 0 Å². The number of allylic oxidation sites excluding steroid dienone is 2. The summed E-state index contributed by atoms with van der Waals surface area (Å²) >= 11 is 0. The van der Waals surface area contributed by atoms with E-state index in [2.05, 4.69) is 70.5 Å². The molecule has 1 heteroatoms. The van der Waals surface area contributed by atoms with Crippen molar-refractivity contribution < 1.29 is 4.58 Å². The summed E-state index contributed by atoms with van der Waals surface area (Å²) < 4.78 is 2.37. The molecule has 0 amide bonds. The van der Waals surface area contributed by atoms with Gasteiger partial charge in [0, 0.05) is 17.7 Å². The molecule has 2 rings (SSSR count). The Balaban J connectivity index is 2.75. The summed E-state index contributed by atoms with van der Waals surface area (Å²) in [4.78, 5) is 0. The van der Waals surface area contributed by atoms with E-state index in [0.717, 1.165) is 12.8 Å². The molecule has 0 N–H and O–H groups in total. The van der Waals surface area contributed by atoms with Gasteiger partial charge in [0.05, 0.1) is 5.41 Å². The minimum absolute atomic E-state index is 0.105. The summed E-state index contributed by atoms with van der Waals surface area (Å²) in [7, 11) is 2.20. The number of hydrogen-bond donors (Lipinski definition) is 0. The Hall–Kier alpha value is -1.37. The molecule has 0 bridgehead atoms. The van der Waals surface area contributed by atoms with Gasteiger partial charge in [-0.1, -0.05) is 26.0 Å². The molecule has 1 aromatic rings. The van der Waals surface area contributed by atoms with E-state index in [-0.39, 0.29) is 5.41 Å². The Labute approximate surface area is 117 Å². The Morgan fingerprint density at radius 3 is 2.37 bits per heavy atom. The number of rotatable bonds is 3. The maximum Gasteiger partial charge on any atom is 0.210 e. The monoisotopic (exact) mass is 256 g/mol. The third-order valence-electron chi connectivity index (χ3n) is 4.36. The number of hydrogen-bond acceptors (Lipinski definition) is 0. The molecule has 0 radical (unpaired) electrons. The van der Waals surface area contributed by atoms with Crippen molar-refractivity contribution >= 4 is 11.4 Å². The summed E-state index contributed by atoms with van der Waals surface area (Å²) in [6.07, 6.45) is 6.61. The van der Waals surface area contributed by atoms with Gasteiger partial charge >= 0.3 is 0 Å². The van der Waals surface area contributed by atoms with E-state index in [1.165, 1.54) is 28.1 Å². The van der Waals surface area contributed by atoms with Gasteiger partial charge < -0.3 is 0 Å². The average molecular weight is 256 g/mol. The normalized spacial score (nSPS) is 17.4. The lowest BCUT2D eigenvalue weighted by Crippen LogP contribution is -2.27. The van der Waals surface area contributed by atoms with E-state index >= 15 is 0 Å². The minimum atomic E-state index is 0.105.